The Bertz CT molecular complexity index is 943. The summed E-state index contributed by atoms with van der Waals surface area (Å²) in [5.41, 5.74) is 0.510. The second kappa shape index (κ2) is 4.34. The molecule has 0 saturated carbocycles. The highest BCUT2D eigenvalue weighted by molar-refractivity contribution is 5.94. The van der Waals surface area contributed by atoms with Gasteiger partial charge in [0.1, 0.15) is 17.2 Å². The Morgan fingerprint density at radius 3 is 2.86 bits per heavy atom. The first-order valence-electron chi connectivity index (χ1n) is 6.80. The highest BCUT2D eigenvalue weighted by Crippen LogP contribution is 2.22. The number of anilines is 1. The number of aromatic nitrogens is 2. The fraction of sp³-hybridized carbons (Fsp3) is 0.125. The lowest BCUT2D eigenvalue weighted by atomic mass is 10.2. The van der Waals surface area contributed by atoms with Crippen LogP contribution in [-0.4, -0.2) is 21.0 Å². The number of benzene rings is 1. The van der Waals surface area contributed by atoms with E-state index in [0.29, 0.717) is 30.2 Å². The fourth-order valence-corrected chi connectivity index (χ4v) is 2.69. The van der Waals surface area contributed by atoms with Gasteiger partial charge in [0.05, 0.1) is 0 Å². The highest BCUT2D eigenvalue weighted by atomic mass is 16.3. The van der Waals surface area contributed by atoms with E-state index in [-0.39, 0.29) is 5.56 Å². The Morgan fingerprint density at radius 1 is 1.19 bits per heavy atom. The summed E-state index contributed by atoms with van der Waals surface area (Å²) in [7, 11) is 0. The molecule has 1 aliphatic rings. The van der Waals surface area contributed by atoms with E-state index in [2.05, 4.69) is 4.98 Å². The molecule has 0 atom stereocenters. The molecule has 1 N–H and O–H groups in total. The van der Waals surface area contributed by atoms with Gasteiger partial charge in [-0.15, -0.1) is 0 Å². The molecule has 0 fully saturated rings. The first kappa shape index (κ1) is 12.0. The Morgan fingerprint density at radius 2 is 2.05 bits per heavy atom. The predicted molar refractivity (Wildman–Crippen MR) is 81.6 cm³/mol. The average molecular weight is 279 g/mol. The zero-order valence-corrected chi connectivity index (χ0v) is 11.2. The van der Waals surface area contributed by atoms with Gasteiger partial charge in [-0.1, -0.05) is 24.3 Å². The molecule has 0 radical (unpaired) electrons. The van der Waals surface area contributed by atoms with Gasteiger partial charge in [-0.05, 0) is 11.5 Å². The minimum absolute atomic E-state index is 0.124. The molecule has 0 bridgehead atoms. The van der Waals surface area contributed by atoms with Crippen LogP contribution in [0, 0.1) is 0 Å². The molecule has 0 unspecified atom stereocenters. The molecule has 1 aromatic carbocycles. The minimum Gasteiger partial charge on any atom is -0.511 e. The Hall–Kier alpha value is -2.82. The molecule has 5 nitrogen and oxygen atoms in total. The van der Waals surface area contributed by atoms with Crippen molar-refractivity contribution in [3.05, 3.63) is 64.9 Å². The van der Waals surface area contributed by atoms with Crippen molar-refractivity contribution in [3.63, 3.8) is 0 Å². The molecule has 0 aliphatic carbocycles. The summed E-state index contributed by atoms with van der Waals surface area (Å²) in [6.07, 6.45) is 3.95. The summed E-state index contributed by atoms with van der Waals surface area (Å²) in [4.78, 5) is 18.7. The summed E-state index contributed by atoms with van der Waals surface area (Å²) < 4.78 is 1.55. The standard InChI is InChI=1S/C16H13N3O2/c20-12-6-7-18(10-12)14-9-15(21)19-8-5-11-3-1-2-4-13(11)16(19)17-14/h1-5,8-10,20H,6-7H2. The lowest BCUT2D eigenvalue weighted by molar-refractivity contribution is 0.400. The molecule has 2 aromatic heterocycles. The normalized spacial score (nSPS) is 14.9. The topological polar surface area (TPSA) is 57.8 Å². The van der Waals surface area contributed by atoms with Crippen molar-refractivity contribution in [1.29, 1.82) is 0 Å². The lowest BCUT2D eigenvalue weighted by Gasteiger charge is -2.14. The molecule has 0 saturated heterocycles. The van der Waals surface area contributed by atoms with Crippen LogP contribution in [0.25, 0.3) is 16.4 Å². The van der Waals surface area contributed by atoms with Crippen LogP contribution in [-0.2, 0) is 0 Å². The van der Waals surface area contributed by atoms with Crippen molar-refractivity contribution in [2.75, 3.05) is 11.4 Å². The third-order valence-corrected chi connectivity index (χ3v) is 3.75. The largest absolute Gasteiger partial charge is 0.511 e. The second-order valence-corrected chi connectivity index (χ2v) is 5.11. The summed E-state index contributed by atoms with van der Waals surface area (Å²) in [5, 5.41) is 11.5. The summed E-state index contributed by atoms with van der Waals surface area (Å²) >= 11 is 0. The maximum Gasteiger partial charge on any atom is 0.259 e. The predicted octanol–water partition coefficient (Wildman–Crippen LogP) is 2.46. The Balaban J connectivity index is 2.03. The third-order valence-electron chi connectivity index (χ3n) is 3.75. The van der Waals surface area contributed by atoms with E-state index in [1.165, 1.54) is 6.07 Å². The van der Waals surface area contributed by atoms with Crippen LogP contribution >= 0.6 is 0 Å². The molecule has 21 heavy (non-hydrogen) atoms. The van der Waals surface area contributed by atoms with Gasteiger partial charge in [-0.2, -0.15) is 0 Å². The first-order chi connectivity index (χ1) is 10.2. The minimum atomic E-state index is -0.124. The van der Waals surface area contributed by atoms with Crippen molar-refractivity contribution >= 4 is 22.2 Å². The maximum atomic E-state index is 12.3. The lowest BCUT2D eigenvalue weighted by Crippen LogP contribution is -2.20. The molecular formula is C16H13N3O2. The van der Waals surface area contributed by atoms with E-state index in [1.807, 2.05) is 30.3 Å². The zero-order valence-electron chi connectivity index (χ0n) is 11.2. The quantitative estimate of drug-likeness (QED) is 0.695. The van der Waals surface area contributed by atoms with Crippen LogP contribution in [0.3, 0.4) is 0 Å². The van der Waals surface area contributed by atoms with Gasteiger partial charge in [0.25, 0.3) is 5.56 Å². The number of hydrogen-bond donors (Lipinski definition) is 1. The van der Waals surface area contributed by atoms with Crippen LogP contribution < -0.4 is 10.5 Å². The van der Waals surface area contributed by atoms with Gasteiger partial charge in [0, 0.05) is 36.8 Å². The van der Waals surface area contributed by atoms with Crippen LogP contribution in [0.1, 0.15) is 6.42 Å². The van der Waals surface area contributed by atoms with Gasteiger partial charge in [0.15, 0.2) is 0 Å². The molecule has 3 heterocycles. The second-order valence-electron chi connectivity index (χ2n) is 5.11. The fourth-order valence-electron chi connectivity index (χ4n) is 2.69. The number of hydrogen-bond acceptors (Lipinski definition) is 4. The number of pyridine rings is 1. The number of rotatable bonds is 1. The first-order valence-corrected chi connectivity index (χ1v) is 6.80. The van der Waals surface area contributed by atoms with Crippen molar-refractivity contribution < 1.29 is 5.11 Å². The van der Waals surface area contributed by atoms with E-state index in [0.717, 1.165) is 10.8 Å². The third kappa shape index (κ3) is 1.86. The number of nitrogens with zero attached hydrogens (tertiary/aromatic N) is 3. The van der Waals surface area contributed by atoms with Crippen LogP contribution in [0.2, 0.25) is 0 Å². The van der Waals surface area contributed by atoms with Gasteiger partial charge >= 0.3 is 0 Å². The average Bonchev–Trinajstić information content (AvgIpc) is 2.93. The van der Waals surface area contributed by atoms with E-state index in [1.54, 1.807) is 21.7 Å². The molecule has 4 rings (SSSR count). The Labute approximate surface area is 120 Å². The van der Waals surface area contributed by atoms with E-state index in [9.17, 15) is 9.90 Å². The van der Waals surface area contributed by atoms with Crippen molar-refractivity contribution in [2.45, 2.75) is 6.42 Å². The molecule has 1 aliphatic heterocycles. The van der Waals surface area contributed by atoms with Crippen LogP contribution in [0.15, 0.2) is 59.3 Å². The highest BCUT2D eigenvalue weighted by Gasteiger charge is 2.16. The van der Waals surface area contributed by atoms with Crippen LogP contribution in [0.4, 0.5) is 5.82 Å². The van der Waals surface area contributed by atoms with E-state index >= 15 is 0 Å². The molecule has 3 aromatic rings. The smallest absolute Gasteiger partial charge is 0.259 e. The summed E-state index contributed by atoms with van der Waals surface area (Å²) in [6.45, 7) is 0.638. The zero-order chi connectivity index (χ0) is 14.4. The number of aliphatic hydroxyl groups is 1. The van der Waals surface area contributed by atoms with Gasteiger partial charge in [-0.3, -0.25) is 9.20 Å². The van der Waals surface area contributed by atoms with Gasteiger partial charge < -0.3 is 10.0 Å². The van der Waals surface area contributed by atoms with Gasteiger partial charge in [0.2, 0.25) is 0 Å². The summed E-state index contributed by atoms with van der Waals surface area (Å²) in [5.74, 6) is 0.885. The van der Waals surface area contributed by atoms with Crippen molar-refractivity contribution in [3.8, 4) is 0 Å². The van der Waals surface area contributed by atoms with Crippen molar-refractivity contribution in [2.24, 2.45) is 0 Å². The van der Waals surface area contributed by atoms with E-state index in [4.69, 9.17) is 0 Å². The molecule has 0 spiro atoms. The molecule has 5 heteroatoms. The molecular weight excluding hydrogens is 266 g/mol. The maximum absolute atomic E-state index is 12.3. The monoisotopic (exact) mass is 279 g/mol. The van der Waals surface area contributed by atoms with Gasteiger partial charge in [-0.25, -0.2) is 4.98 Å². The van der Waals surface area contributed by atoms with E-state index < -0.39 is 0 Å². The van der Waals surface area contributed by atoms with Crippen LogP contribution in [0.5, 0.6) is 0 Å². The SMILES string of the molecule is O=c1cc(N2C=C(O)CC2)nc2c3ccccc3ccn12. The molecule has 104 valence electrons. The molecule has 0 amide bonds. The number of aliphatic hydroxyl groups excluding tert-OH is 1. The Kier molecular flexibility index (Phi) is 2.47. The van der Waals surface area contributed by atoms with Crippen molar-refractivity contribution in [1.82, 2.24) is 9.38 Å². The summed E-state index contributed by atoms with van der Waals surface area (Å²) in [6, 6.07) is 11.3. The number of fused-ring (bicyclic) bond motifs is 3.